The number of hydrogen-bond donors (Lipinski definition) is 2. The molecule has 1 unspecified atom stereocenters. The minimum absolute atomic E-state index is 0.0710. The average Bonchev–Trinajstić information content (AvgIpc) is 2.47. The predicted molar refractivity (Wildman–Crippen MR) is 73.5 cm³/mol. The fourth-order valence-electron chi connectivity index (χ4n) is 3.08. The molecule has 20 heavy (non-hydrogen) atoms. The van der Waals surface area contributed by atoms with E-state index in [1.807, 2.05) is 6.07 Å². The quantitative estimate of drug-likeness (QED) is 0.874. The van der Waals surface area contributed by atoms with Crippen molar-refractivity contribution < 1.29 is 19.4 Å². The molecule has 0 saturated carbocycles. The highest BCUT2D eigenvalue weighted by molar-refractivity contribution is 5.79. The van der Waals surface area contributed by atoms with Gasteiger partial charge in [0.2, 0.25) is 0 Å². The monoisotopic (exact) mass is 277 g/mol. The number of benzene rings is 1. The van der Waals surface area contributed by atoms with Crippen LogP contribution in [0.25, 0.3) is 0 Å². The van der Waals surface area contributed by atoms with Gasteiger partial charge in [-0.05, 0) is 37.3 Å². The molecule has 3 rings (SSSR count). The number of ether oxygens (including phenoxy) is 2. The number of nitrogens with two attached hydrogens (primary N) is 1. The Kier molecular flexibility index (Phi) is 3.53. The molecule has 0 spiro atoms. The van der Waals surface area contributed by atoms with Crippen molar-refractivity contribution in [3.05, 3.63) is 22.8 Å². The molecular weight excluding hydrogens is 258 g/mol. The summed E-state index contributed by atoms with van der Waals surface area (Å²) in [6, 6.07) is 2.02. The van der Waals surface area contributed by atoms with E-state index in [4.69, 9.17) is 15.2 Å². The standard InChI is InChI=1S/C15H19NO4/c16-8-11(15(17)18)13-10-4-2-5-19-12(10)7-9-3-1-6-20-14(9)13/h7,11H,1-6,8,16H2,(H,17,18). The molecule has 3 N–H and O–H groups in total. The maximum Gasteiger partial charge on any atom is 0.312 e. The SMILES string of the molecule is NCC(C(=O)O)c1c2c(cc3c1OCCC3)OCCC2. The number of carboxylic acids is 1. The summed E-state index contributed by atoms with van der Waals surface area (Å²) in [5.74, 6) is -0.0742. The Morgan fingerprint density at radius 1 is 1.30 bits per heavy atom. The molecule has 0 aliphatic carbocycles. The molecule has 0 fully saturated rings. The van der Waals surface area contributed by atoms with E-state index in [2.05, 4.69) is 0 Å². The zero-order chi connectivity index (χ0) is 14.1. The van der Waals surface area contributed by atoms with E-state index in [0.29, 0.717) is 13.2 Å². The van der Waals surface area contributed by atoms with Gasteiger partial charge in [-0.15, -0.1) is 0 Å². The van der Waals surface area contributed by atoms with E-state index in [-0.39, 0.29) is 6.54 Å². The molecule has 0 saturated heterocycles. The summed E-state index contributed by atoms with van der Waals surface area (Å²) >= 11 is 0. The highest BCUT2D eigenvalue weighted by Gasteiger charge is 2.31. The summed E-state index contributed by atoms with van der Waals surface area (Å²) in [5, 5.41) is 9.45. The normalized spacial score (nSPS) is 18.2. The van der Waals surface area contributed by atoms with Crippen LogP contribution in [0.2, 0.25) is 0 Å². The molecule has 1 atom stereocenters. The molecule has 5 nitrogen and oxygen atoms in total. The van der Waals surface area contributed by atoms with Gasteiger partial charge in [0.15, 0.2) is 0 Å². The minimum atomic E-state index is -0.900. The predicted octanol–water partition coefficient (Wildman–Crippen LogP) is 1.46. The van der Waals surface area contributed by atoms with Crippen LogP contribution in [0.3, 0.4) is 0 Å². The molecule has 0 amide bonds. The molecule has 1 aromatic rings. The molecule has 1 aromatic carbocycles. The number of carboxylic acid groups (broad SMARTS) is 1. The van der Waals surface area contributed by atoms with Gasteiger partial charge in [0, 0.05) is 17.7 Å². The summed E-state index contributed by atoms with van der Waals surface area (Å²) in [6.07, 6.45) is 3.57. The first-order chi connectivity index (χ1) is 9.72. The highest BCUT2D eigenvalue weighted by atomic mass is 16.5. The van der Waals surface area contributed by atoms with Crippen LogP contribution in [0.4, 0.5) is 0 Å². The Morgan fingerprint density at radius 3 is 2.80 bits per heavy atom. The Balaban J connectivity index is 2.20. The first kappa shape index (κ1) is 13.2. The third-order valence-electron chi connectivity index (χ3n) is 4.01. The second-order valence-electron chi connectivity index (χ2n) is 5.29. The maximum absolute atomic E-state index is 11.5. The van der Waals surface area contributed by atoms with Crippen molar-refractivity contribution in [1.82, 2.24) is 0 Å². The second kappa shape index (κ2) is 5.32. The first-order valence-corrected chi connectivity index (χ1v) is 7.09. The van der Waals surface area contributed by atoms with Crippen LogP contribution in [0.1, 0.15) is 35.4 Å². The Morgan fingerprint density at radius 2 is 2.05 bits per heavy atom. The van der Waals surface area contributed by atoms with Gasteiger partial charge in [-0.3, -0.25) is 4.79 Å². The first-order valence-electron chi connectivity index (χ1n) is 7.09. The van der Waals surface area contributed by atoms with Crippen molar-refractivity contribution in [2.75, 3.05) is 19.8 Å². The molecule has 0 aromatic heterocycles. The number of aryl methyl sites for hydroxylation is 1. The van der Waals surface area contributed by atoms with E-state index in [1.165, 1.54) is 0 Å². The lowest BCUT2D eigenvalue weighted by Crippen LogP contribution is -2.26. The van der Waals surface area contributed by atoms with E-state index in [9.17, 15) is 9.90 Å². The lowest BCUT2D eigenvalue weighted by Gasteiger charge is -2.29. The van der Waals surface area contributed by atoms with Gasteiger partial charge in [0.25, 0.3) is 0 Å². The number of hydrogen-bond acceptors (Lipinski definition) is 4. The van der Waals surface area contributed by atoms with E-state index < -0.39 is 11.9 Å². The van der Waals surface area contributed by atoms with E-state index in [0.717, 1.165) is 53.9 Å². The topological polar surface area (TPSA) is 81.8 Å². The van der Waals surface area contributed by atoms with Crippen molar-refractivity contribution in [3.63, 3.8) is 0 Å². The van der Waals surface area contributed by atoms with Crippen molar-refractivity contribution in [3.8, 4) is 11.5 Å². The number of rotatable bonds is 3. The van der Waals surface area contributed by atoms with Crippen molar-refractivity contribution in [2.24, 2.45) is 5.73 Å². The molecule has 0 radical (unpaired) electrons. The Bertz CT molecular complexity index is 507. The summed E-state index contributed by atoms with van der Waals surface area (Å²) in [4.78, 5) is 11.5. The van der Waals surface area contributed by atoms with Gasteiger partial charge in [-0.1, -0.05) is 0 Å². The van der Waals surface area contributed by atoms with Crippen LogP contribution >= 0.6 is 0 Å². The summed E-state index contributed by atoms with van der Waals surface area (Å²) in [6.45, 7) is 1.39. The highest BCUT2D eigenvalue weighted by Crippen LogP contribution is 2.43. The maximum atomic E-state index is 11.5. The van der Waals surface area contributed by atoms with Gasteiger partial charge in [-0.2, -0.15) is 0 Å². The van der Waals surface area contributed by atoms with E-state index >= 15 is 0 Å². The van der Waals surface area contributed by atoms with Crippen molar-refractivity contribution in [2.45, 2.75) is 31.6 Å². The van der Waals surface area contributed by atoms with Gasteiger partial charge < -0.3 is 20.3 Å². The lowest BCUT2D eigenvalue weighted by molar-refractivity contribution is -0.138. The van der Waals surface area contributed by atoms with Gasteiger partial charge >= 0.3 is 5.97 Å². The van der Waals surface area contributed by atoms with Crippen molar-refractivity contribution in [1.29, 1.82) is 0 Å². The fraction of sp³-hybridized carbons (Fsp3) is 0.533. The van der Waals surface area contributed by atoms with Crippen LogP contribution in [0, 0.1) is 0 Å². The van der Waals surface area contributed by atoms with Crippen LogP contribution < -0.4 is 15.2 Å². The van der Waals surface area contributed by atoms with Crippen LogP contribution in [0.5, 0.6) is 11.5 Å². The second-order valence-corrected chi connectivity index (χ2v) is 5.29. The average molecular weight is 277 g/mol. The summed E-state index contributed by atoms with van der Waals surface area (Å²) in [5.41, 5.74) is 8.45. The zero-order valence-electron chi connectivity index (χ0n) is 11.4. The molecular formula is C15H19NO4. The molecule has 2 aliphatic heterocycles. The molecule has 108 valence electrons. The smallest absolute Gasteiger partial charge is 0.312 e. The van der Waals surface area contributed by atoms with Gasteiger partial charge in [-0.25, -0.2) is 0 Å². The Hall–Kier alpha value is -1.75. The largest absolute Gasteiger partial charge is 0.493 e. The molecule has 5 heteroatoms. The van der Waals surface area contributed by atoms with E-state index in [1.54, 1.807) is 0 Å². The van der Waals surface area contributed by atoms with Gasteiger partial charge in [0.1, 0.15) is 11.5 Å². The van der Waals surface area contributed by atoms with Crippen molar-refractivity contribution >= 4 is 5.97 Å². The summed E-state index contributed by atoms with van der Waals surface area (Å²) in [7, 11) is 0. The van der Waals surface area contributed by atoms with Gasteiger partial charge in [0.05, 0.1) is 19.1 Å². The van der Waals surface area contributed by atoms with Crippen LogP contribution in [-0.4, -0.2) is 30.8 Å². The lowest BCUT2D eigenvalue weighted by atomic mass is 9.86. The molecule has 2 heterocycles. The number of aliphatic carboxylic acids is 1. The van der Waals surface area contributed by atoms with Crippen LogP contribution in [0.15, 0.2) is 6.07 Å². The number of carbonyl (C=O) groups is 1. The minimum Gasteiger partial charge on any atom is -0.493 e. The third-order valence-corrected chi connectivity index (χ3v) is 4.01. The zero-order valence-corrected chi connectivity index (χ0v) is 11.4. The fourth-order valence-corrected chi connectivity index (χ4v) is 3.08. The number of fused-ring (bicyclic) bond motifs is 2. The van der Waals surface area contributed by atoms with Crippen LogP contribution in [-0.2, 0) is 17.6 Å². The molecule has 0 bridgehead atoms. The summed E-state index contributed by atoms with van der Waals surface area (Å²) < 4.78 is 11.5. The molecule has 2 aliphatic rings. The Labute approximate surface area is 117 Å². The third kappa shape index (κ3) is 2.12.